The number of para-hydroxylation sites is 1. The number of hydrogen-bond acceptors (Lipinski definition) is 4. The number of carbonyl (C=O) groups excluding carboxylic acids is 2. The van der Waals surface area contributed by atoms with Gasteiger partial charge >= 0.3 is 0 Å². The van der Waals surface area contributed by atoms with E-state index in [1.54, 1.807) is 6.08 Å². The molecule has 0 spiro atoms. The van der Waals surface area contributed by atoms with Crippen LogP contribution in [0, 0.1) is 0 Å². The number of hydrogen-bond donors (Lipinski definition) is 1. The van der Waals surface area contributed by atoms with Gasteiger partial charge in [0.15, 0.2) is 11.6 Å². The fourth-order valence-corrected chi connectivity index (χ4v) is 3.17. The minimum absolute atomic E-state index is 0.166. The largest absolute Gasteiger partial charge is 0.323 e. The van der Waals surface area contributed by atoms with Crippen LogP contribution in [0.15, 0.2) is 66.1 Å². The van der Waals surface area contributed by atoms with Crippen LogP contribution in [0.4, 0.5) is 0 Å². The predicted octanol–water partition coefficient (Wildman–Crippen LogP) is 4.00. The smallest absolute Gasteiger partial charge is 0.191 e. The van der Waals surface area contributed by atoms with Gasteiger partial charge in [-0.1, -0.05) is 31.5 Å². The molecule has 0 saturated carbocycles. The summed E-state index contributed by atoms with van der Waals surface area (Å²) < 4.78 is 1.98. The average Bonchev–Trinajstić information content (AvgIpc) is 3.16. The molecule has 5 heteroatoms. The van der Waals surface area contributed by atoms with Crippen molar-refractivity contribution in [2.45, 2.75) is 33.1 Å². The number of ketones is 2. The standard InChI is InChI=1S/C22H24N2O3/c1-3-8-19(23-27-4-2)22-20(25)13-17(14-21(22)26)16-11-12-24(15-16)18-9-6-5-7-10-18/h5-7,9-13,15,23H,3-4,8,14H2,1-2H3. The lowest BCUT2D eigenvalue weighted by molar-refractivity contribution is -0.119. The number of carbonyl (C=O) groups is 2. The van der Waals surface area contributed by atoms with Gasteiger partial charge in [0.1, 0.15) is 0 Å². The maximum Gasteiger partial charge on any atom is 0.191 e. The molecule has 0 unspecified atom stereocenters. The maximum absolute atomic E-state index is 12.7. The molecule has 2 aromatic rings. The predicted molar refractivity (Wildman–Crippen MR) is 105 cm³/mol. The second-order valence-corrected chi connectivity index (χ2v) is 6.42. The zero-order valence-electron chi connectivity index (χ0n) is 15.7. The Balaban J connectivity index is 1.89. The average molecular weight is 364 g/mol. The molecule has 1 N–H and O–H groups in total. The van der Waals surface area contributed by atoms with Gasteiger partial charge < -0.3 is 4.57 Å². The van der Waals surface area contributed by atoms with E-state index >= 15 is 0 Å². The molecule has 0 amide bonds. The zero-order valence-corrected chi connectivity index (χ0v) is 15.7. The molecule has 0 fully saturated rings. The van der Waals surface area contributed by atoms with Crippen LogP contribution in [0.3, 0.4) is 0 Å². The van der Waals surface area contributed by atoms with Crippen molar-refractivity contribution in [3.05, 3.63) is 71.7 Å². The molecule has 0 atom stereocenters. The SMILES string of the molecule is CCCC(NOCC)=C1C(=O)C=C(c2ccn(-c3ccccc3)c2)CC1=O. The zero-order chi connectivity index (χ0) is 19.2. The Morgan fingerprint density at radius 1 is 1.15 bits per heavy atom. The van der Waals surface area contributed by atoms with Crippen LogP contribution < -0.4 is 5.48 Å². The van der Waals surface area contributed by atoms with Gasteiger partial charge in [0, 0.05) is 24.5 Å². The minimum Gasteiger partial charge on any atom is -0.323 e. The van der Waals surface area contributed by atoms with Gasteiger partial charge in [-0.2, -0.15) is 0 Å². The monoisotopic (exact) mass is 364 g/mol. The fourth-order valence-electron chi connectivity index (χ4n) is 3.17. The molecule has 1 aliphatic carbocycles. The molecule has 0 saturated heterocycles. The minimum atomic E-state index is -0.260. The second-order valence-electron chi connectivity index (χ2n) is 6.42. The van der Waals surface area contributed by atoms with Crippen LogP contribution in [0.2, 0.25) is 0 Å². The maximum atomic E-state index is 12.7. The van der Waals surface area contributed by atoms with E-state index in [-0.39, 0.29) is 23.6 Å². The Hall–Kier alpha value is -2.92. The van der Waals surface area contributed by atoms with Gasteiger partial charge in [0.05, 0.1) is 17.9 Å². The van der Waals surface area contributed by atoms with E-state index in [1.807, 2.05) is 67.2 Å². The third-order valence-electron chi connectivity index (χ3n) is 4.44. The number of nitrogens with zero attached hydrogens (tertiary/aromatic N) is 1. The van der Waals surface area contributed by atoms with E-state index in [4.69, 9.17) is 4.84 Å². The number of Topliss-reactive ketones (excluding diaryl/α,β-unsaturated/α-hetero) is 1. The molecule has 1 aromatic heterocycles. The third-order valence-corrected chi connectivity index (χ3v) is 4.44. The molecule has 5 nitrogen and oxygen atoms in total. The van der Waals surface area contributed by atoms with Gasteiger partial charge in [0.25, 0.3) is 0 Å². The highest BCUT2D eigenvalue weighted by Gasteiger charge is 2.28. The molecule has 1 heterocycles. The van der Waals surface area contributed by atoms with Crippen LogP contribution >= 0.6 is 0 Å². The molecule has 0 radical (unpaired) electrons. The van der Waals surface area contributed by atoms with Crippen LogP contribution in [0.1, 0.15) is 38.7 Å². The first-order chi connectivity index (χ1) is 13.1. The summed E-state index contributed by atoms with van der Waals surface area (Å²) >= 11 is 0. The quantitative estimate of drug-likeness (QED) is 0.458. The number of rotatable bonds is 7. The van der Waals surface area contributed by atoms with Crippen LogP contribution in [-0.4, -0.2) is 22.7 Å². The van der Waals surface area contributed by atoms with Crippen molar-refractivity contribution < 1.29 is 14.4 Å². The van der Waals surface area contributed by atoms with Crippen LogP contribution in [-0.2, 0) is 14.4 Å². The normalized spacial score (nSPS) is 16.3. The van der Waals surface area contributed by atoms with Gasteiger partial charge in [-0.25, -0.2) is 0 Å². The second kappa shape index (κ2) is 8.64. The molecule has 1 aliphatic rings. The van der Waals surface area contributed by atoms with Gasteiger partial charge in [-0.05, 0) is 48.8 Å². The van der Waals surface area contributed by atoms with E-state index in [2.05, 4.69) is 5.48 Å². The first-order valence-electron chi connectivity index (χ1n) is 9.26. The molecule has 140 valence electrons. The van der Waals surface area contributed by atoms with Crippen molar-refractivity contribution in [2.24, 2.45) is 0 Å². The summed E-state index contributed by atoms with van der Waals surface area (Å²) in [5, 5.41) is 0. The third kappa shape index (κ3) is 4.26. The van der Waals surface area contributed by atoms with Crippen LogP contribution in [0.5, 0.6) is 0 Å². The van der Waals surface area contributed by atoms with E-state index < -0.39 is 0 Å². The van der Waals surface area contributed by atoms with Gasteiger partial charge in [-0.3, -0.25) is 19.9 Å². The molecule has 1 aromatic carbocycles. The number of benzene rings is 1. The summed E-state index contributed by atoms with van der Waals surface area (Å²) in [7, 11) is 0. The highest BCUT2D eigenvalue weighted by molar-refractivity contribution is 6.30. The summed E-state index contributed by atoms with van der Waals surface area (Å²) in [5.41, 5.74) is 6.24. The van der Waals surface area contributed by atoms with E-state index in [0.29, 0.717) is 18.7 Å². The molecule has 3 rings (SSSR count). The highest BCUT2D eigenvalue weighted by Crippen LogP contribution is 2.28. The lowest BCUT2D eigenvalue weighted by atomic mass is 9.88. The Morgan fingerprint density at radius 3 is 2.59 bits per heavy atom. The lowest BCUT2D eigenvalue weighted by Gasteiger charge is -2.18. The Morgan fingerprint density at radius 2 is 1.93 bits per heavy atom. The van der Waals surface area contributed by atoms with E-state index in [0.717, 1.165) is 23.2 Å². The molecular weight excluding hydrogens is 340 g/mol. The summed E-state index contributed by atoms with van der Waals surface area (Å²) in [6.07, 6.45) is 7.08. The molecule has 27 heavy (non-hydrogen) atoms. The van der Waals surface area contributed by atoms with Crippen molar-refractivity contribution >= 4 is 17.1 Å². The van der Waals surface area contributed by atoms with Gasteiger partial charge in [-0.15, -0.1) is 0 Å². The van der Waals surface area contributed by atoms with E-state index in [9.17, 15) is 9.59 Å². The topological polar surface area (TPSA) is 60.3 Å². The molecular formula is C22H24N2O3. The molecule has 0 bridgehead atoms. The van der Waals surface area contributed by atoms with Gasteiger partial charge in [0.2, 0.25) is 0 Å². The van der Waals surface area contributed by atoms with Crippen molar-refractivity contribution in [1.82, 2.24) is 10.0 Å². The fraction of sp³-hybridized carbons (Fsp3) is 0.273. The van der Waals surface area contributed by atoms with E-state index in [1.165, 1.54) is 0 Å². The van der Waals surface area contributed by atoms with Crippen molar-refractivity contribution in [1.29, 1.82) is 0 Å². The van der Waals surface area contributed by atoms with Crippen molar-refractivity contribution in [3.63, 3.8) is 0 Å². The first-order valence-corrected chi connectivity index (χ1v) is 9.26. The van der Waals surface area contributed by atoms with Crippen molar-refractivity contribution in [2.75, 3.05) is 6.61 Å². The Labute approximate surface area is 159 Å². The molecule has 0 aliphatic heterocycles. The number of hydroxylamine groups is 1. The first kappa shape index (κ1) is 18.9. The lowest BCUT2D eigenvalue weighted by Crippen LogP contribution is -2.25. The summed E-state index contributed by atoms with van der Waals surface area (Å²) in [6, 6.07) is 11.9. The van der Waals surface area contributed by atoms with Crippen LogP contribution in [0.25, 0.3) is 11.3 Å². The highest BCUT2D eigenvalue weighted by atomic mass is 16.6. The summed E-state index contributed by atoms with van der Waals surface area (Å²) in [6.45, 7) is 4.30. The number of allylic oxidation sites excluding steroid dienone is 4. The Kier molecular flexibility index (Phi) is 6.04. The Bertz CT molecular complexity index is 891. The summed E-state index contributed by atoms with van der Waals surface area (Å²) in [4.78, 5) is 30.6. The summed E-state index contributed by atoms with van der Waals surface area (Å²) in [5.74, 6) is -0.426. The number of aromatic nitrogens is 1. The number of nitrogens with one attached hydrogen (secondary N) is 1. The van der Waals surface area contributed by atoms with Crippen molar-refractivity contribution in [3.8, 4) is 5.69 Å².